The maximum Gasteiger partial charge on any atom is 0.451 e. The lowest BCUT2D eigenvalue weighted by Gasteiger charge is -2.28. The van der Waals surface area contributed by atoms with Gasteiger partial charge in [-0.15, -0.1) is 0 Å². The van der Waals surface area contributed by atoms with Crippen LogP contribution in [0.1, 0.15) is 44.9 Å². The molecule has 6 nitrogen and oxygen atoms in total. The SMILES string of the molecule is N[C@H]1C[C@@H](CNC2CCC2)C[C@@H]1CCCB(O)O.O=C=O. The smallest absolute Gasteiger partial charge is 0.427 e. The molecule has 0 spiro atoms. The normalized spacial score (nSPS) is 28.2. The van der Waals surface area contributed by atoms with Crippen LogP contribution in [0.15, 0.2) is 0 Å². The zero-order valence-corrected chi connectivity index (χ0v) is 12.5. The van der Waals surface area contributed by atoms with E-state index in [-0.39, 0.29) is 6.15 Å². The summed E-state index contributed by atoms with van der Waals surface area (Å²) in [6.45, 7) is 1.12. The van der Waals surface area contributed by atoms with Gasteiger partial charge in [-0.05, 0) is 56.8 Å². The van der Waals surface area contributed by atoms with Crippen molar-refractivity contribution in [3.63, 3.8) is 0 Å². The Labute approximate surface area is 126 Å². The monoisotopic (exact) mass is 298 g/mol. The standard InChI is InChI=1S/C13H27BN2O2.CO2/c15-13-8-10(9-16-12-4-1-5-12)7-11(13)3-2-6-14(17)18;2-1-3/h10-13,16-18H,1-9,15H2;/t10-,11-,13-;/m0./s1. The molecule has 0 bridgehead atoms. The van der Waals surface area contributed by atoms with Gasteiger partial charge in [0.1, 0.15) is 0 Å². The van der Waals surface area contributed by atoms with Gasteiger partial charge in [0.25, 0.3) is 0 Å². The van der Waals surface area contributed by atoms with Crippen LogP contribution in [0.4, 0.5) is 0 Å². The van der Waals surface area contributed by atoms with Crippen molar-refractivity contribution < 1.29 is 19.6 Å². The molecule has 2 aliphatic carbocycles. The quantitative estimate of drug-likeness (QED) is 0.498. The molecule has 2 aliphatic rings. The van der Waals surface area contributed by atoms with E-state index in [1.165, 1.54) is 25.7 Å². The lowest BCUT2D eigenvalue weighted by atomic mass is 9.81. The Balaban J connectivity index is 0.000000677. The Morgan fingerprint density at radius 2 is 1.90 bits per heavy atom. The fourth-order valence-corrected chi connectivity index (χ4v) is 3.28. The van der Waals surface area contributed by atoms with E-state index in [2.05, 4.69) is 5.32 Å². The van der Waals surface area contributed by atoms with Crippen LogP contribution in [0, 0.1) is 11.8 Å². The van der Waals surface area contributed by atoms with Gasteiger partial charge >= 0.3 is 13.3 Å². The highest BCUT2D eigenvalue weighted by Gasteiger charge is 2.32. The van der Waals surface area contributed by atoms with E-state index in [0.717, 1.165) is 37.8 Å². The topological polar surface area (TPSA) is 113 Å². The Hall–Kier alpha value is -0.715. The summed E-state index contributed by atoms with van der Waals surface area (Å²) < 4.78 is 0. The summed E-state index contributed by atoms with van der Waals surface area (Å²) in [6, 6.07) is 1.08. The first-order chi connectivity index (χ1) is 10.1. The Kier molecular flexibility index (Phi) is 8.80. The zero-order chi connectivity index (χ0) is 15.7. The van der Waals surface area contributed by atoms with Crippen LogP contribution in [0.25, 0.3) is 0 Å². The second kappa shape index (κ2) is 10.1. The highest BCUT2D eigenvalue weighted by Crippen LogP contribution is 2.33. The number of rotatable bonds is 7. The van der Waals surface area contributed by atoms with Gasteiger partial charge in [-0.2, -0.15) is 9.59 Å². The van der Waals surface area contributed by atoms with Crippen LogP contribution in [-0.2, 0) is 9.59 Å². The largest absolute Gasteiger partial charge is 0.451 e. The molecule has 3 atom stereocenters. The van der Waals surface area contributed by atoms with Crippen LogP contribution in [-0.4, -0.2) is 41.9 Å². The number of carbonyl (C=O) groups excluding carboxylic acids is 2. The van der Waals surface area contributed by atoms with E-state index in [0.29, 0.717) is 18.3 Å². The second-order valence-corrected chi connectivity index (χ2v) is 6.29. The molecule has 0 aliphatic heterocycles. The molecule has 120 valence electrons. The fraction of sp³-hybridized carbons (Fsp3) is 0.929. The molecular formula is C14H27BN2O4. The van der Waals surface area contributed by atoms with Gasteiger partial charge < -0.3 is 21.1 Å². The lowest BCUT2D eigenvalue weighted by molar-refractivity contribution is -0.191. The summed E-state index contributed by atoms with van der Waals surface area (Å²) in [4.78, 5) is 16.2. The molecule has 21 heavy (non-hydrogen) atoms. The van der Waals surface area contributed by atoms with Gasteiger partial charge in [0.15, 0.2) is 0 Å². The molecule has 0 aromatic carbocycles. The zero-order valence-electron chi connectivity index (χ0n) is 12.5. The van der Waals surface area contributed by atoms with E-state index >= 15 is 0 Å². The van der Waals surface area contributed by atoms with Crippen molar-refractivity contribution in [1.29, 1.82) is 0 Å². The molecule has 2 fully saturated rings. The number of hydrogen-bond donors (Lipinski definition) is 4. The maximum atomic E-state index is 8.84. The predicted molar refractivity (Wildman–Crippen MR) is 79.1 cm³/mol. The number of nitrogens with two attached hydrogens (primary N) is 1. The van der Waals surface area contributed by atoms with E-state index in [1.807, 2.05) is 0 Å². The Bertz CT molecular complexity index is 320. The summed E-state index contributed by atoms with van der Waals surface area (Å²) in [7, 11) is -1.15. The first kappa shape index (κ1) is 18.3. The molecule has 7 heteroatoms. The first-order valence-electron chi connectivity index (χ1n) is 7.91. The van der Waals surface area contributed by atoms with Crippen molar-refractivity contribution in [2.45, 2.75) is 63.3 Å². The molecule has 2 rings (SSSR count). The van der Waals surface area contributed by atoms with Crippen molar-refractivity contribution in [3.8, 4) is 0 Å². The van der Waals surface area contributed by atoms with Crippen molar-refractivity contribution in [2.75, 3.05) is 6.54 Å². The van der Waals surface area contributed by atoms with Crippen molar-refractivity contribution in [1.82, 2.24) is 5.32 Å². The molecule has 0 aromatic heterocycles. The average Bonchev–Trinajstić information content (AvgIpc) is 2.69. The van der Waals surface area contributed by atoms with Gasteiger partial charge in [0.05, 0.1) is 0 Å². The molecule has 5 N–H and O–H groups in total. The molecule has 0 radical (unpaired) electrons. The molecule has 2 saturated carbocycles. The summed E-state index contributed by atoms with van der Waals surface area (Å²) in [5.74, 6) is 1.31. The fourth-order valence-electron chi connectivity index (χ4n) is 3.28. The Morgan fingerprint density at radius 1 is 1.24 bits per heavy atom. The van der Waals surface area contributed by atoms with E-state index in [4.69, 9.17) is 25.4 Å². The third-order valence-electron chi connectivity index (χ3n) is 4.68. The van der Waals surface area contributed by atoms with E-state index in [9.17, 15) is 0 Å². The molecule has 0 heterocycles. The van der Waals surface area contributed by atoms with E-state index in [1.54, 1.807) is 0 Å². The summed E-state index contributed by atoms with van der Waals surface area (Å²) in [5, 5.41) is 21.3. The van der Waals surface area contributed by atoms with Crippen LogP contribution >= 0.6 is 0 Å². The van der Waals surface area contributed by atoms with Crippen molar-refractivity contribution in [2.24, 2.45) is 17.6 Å². The number of hydrogen-bond acceptors (Lipinski definition) is 6. The van der Waals surface area contributed by atoms with Crippen LogP contribution < -0.4 is 11.1 Å². The van der Waals surface area contributed by atoms with E-state index < -0.39 is 7.12 Å². The summed E-state index contributed by atoms with van der Waals surface area (Å²) in [6.07, 6.45) is 9.06. The summed E-state index contributed by atoms with van der Waals surface area (Å²) >= 11 is 0. The highest BCUT2D eigenvalue weighted by atomic mass is 16.4. The minimum atomic E-state index is -1.15. The second-order valence-electron chi connectivity index (χ2n) is 6.29. The molecule has 0 amide bonds. The summed E-state index contributed by atoms with van der Waals surface area (Å²) in [5.41, 5.74) is 6.19. The first-order valence-corrected chi connectivity index (χ1v) is 7.91. The average molecular weight is 298 g/mol. The minimum Gasteiger partial charge on any atom is -0.427 e. The van der Waals surface area contributed by atoms with Crippen LogP contribution in [0.2, 0.25) is 6.32 Å². The van der Waals surface area contributed by atoms with Crippen LogP contribution in [0.3, 0.4) is 0 Å². The van der Waals surface area contributed by atoms with Gasteiger partial charge in [-0.1, -0.05) is 12.8 Å². The van der Waals surface area contributed by atoms with Gasteiger partial charge in [0.2, 0.25) is 0 Å². The predicted octanol–water partition coefficient (Wildman–Crippen LogP) is 0.151. The lowest BCUT2D eigenvalue weighted by Crippen LogP contribution is -2.37. The molecular weight excluding hydrogens is 271 g/mol. The number of nitrogens with one attached hydrogen (secondary N) is 1. The van der Waals surface area contributed by atoms with Crippen molar-refractivity contribution in [3.05, 3.63) is 0 Å². The van der Waals surface area contributed by atoms with Gasteiger partial charge in [-0.25, -0.2) is 0 Å². The van der Waals surface area contributed by atoms with Gasteiger partial charge in [-0.3, -0.25) is 0 Å². The van der Waals surface area contributed by atoms with Crippen LogP contribution in [0.5, 0.6) is 0 Å². The highest BCUT2D eigenvalue weighted by molar-refractivity contribution is 6.40. The third kappa shape index (κ3) is 7.20. The maximum absolute atomic E-state index is 8.84. The Morgan fingerprint density at radius 3 is 2.43 bits per heavy atom. The molecule has 0 saturated heterocycles. The minimum absolute atomic E-state index is 0.250. The molecule has 0 aromatic rings. The van der Waals surface area contributed by atoms with Gasteiger partial charge in [0, 0.05) is 12.1 Å². The molecule has 0 unspecified atom stereocenters. The van der Waals surface area contributed by atoms with Crippen molar-refractivity contribution >= 4 is 13.3 Å². The third-order valence-corrected chi connectivity index (χ3v) is 4.68.